The first kappa shape index (κ1) is 21.4. The van der Waals surface area contributed by atoms with Crippen molar-refractivity contribution in [1.82, 2.24) is 34.8 Å². The number of anilines is 1. The molecule has 9 heteroatoms. The molecule has 2 saturated heterocycles. The van der Waals surface area contributed by atoms with Crippen LogP contribution in [0.4, 0.5) is 5.82 Å². The Kier molecular flexibility index (Phi) is 5.58. The fraction of sp³-hybridized carbons (Fsp3) is 0.480. The van der Waals surface area contributed by atoms with Gasteiger partial charge in [0.15, 0.2) is 0 Å². The van der Waals surface area contributed by atoms with Crippen molar-refractivity contribution in [3.63, 3.8) is 0 Å². The first-order valence-electron chi connectivity index (χ1n) is 12.2. The van der Waals surface area contributed by atoms with E-state index in [0.717, 1.165) is 84.0 Å². The number of nitrogen functional groups attached to an aromatic ring is 1. The van der Waals surface area contributed by atoms with E-state index >= 15 is 0 Å². The number of piperidine rings is 1. The van der Waals surface area contributed by atoms with E-state index in [2.05, 4.69) is 29.9 Å². The maximum atomic E-state index is 5.91. The quantitative estimate of drug-likeness (QED) is 0.496. The number of aromatic nitrogens is 6. The van der Waals surface area contributed by atoms with Crippen molar-refractivity contribution in [2.45, 2.75) is 38.6 Å². The van der Waals surface area contributed by atoms with Crippen LogP contribution in [0.15, 0.2) is 30.6 Å². The van der Waals surface area contributed by atoms with Crippen LogP contribution in [0.2, 0.25) is 0 Å². The average Bonchev–Trinajstić information content (AvgIpc) is 3.31. The number of hydrogen-bond donors (Lipinski definition) is 1. The maximum absolute atomic E-state index is 5.91. The molecule has 0 bridgehead atoms. The summed E-state index contributed by atoms with van der Waals surface area (Å²) in [4.78, 5) is 16.5. The van der Waals surface area contributed by atoms with Gasteiger partial charge < -0.3 is 15.4 Å². The first-order valence-corrected chi connectivity index (χ1v) is 12.2. The van der Waals surface area contributed by atoms with Crippen molar-refractivity contribution in [1.29, 1.82) is 0 Å². The lowest BCUT2D eigenvalue weighted by molar-refractivity contribution is 0.0469. The van der Waals surface area contributed by atoms with Crippen LogP contribution in [-0.2, 0) is 4.74 Å². The summed E-state index contributed by atoms with van der Waals surface area (Å²) in [5.41, 5.74) is 12.1. The Balaban J connectivity index is 1.29. The number of aryl methyl sites for hydroxylation is 1. The van der Waals surface area contributed by atoms with Crippen LogP contribution in [0.5, 0.6) is 0 Å². The fourth-order valence-electron chi connectivity index (χ4n) is 5.27. The number of hydrogen-bond acceptors (Lipinski definition) is 8. The highest BCUT2D eigenvalue weighted by Crippen LogP contribution is 2.31. The fourth-order valence-corrected chi connectivity index (χ4v) is 5.27. The van der Waals surface area contributed by atoms with Crippen LogP contribution >= 0.6 is 0 Å². The van der Waals surface area contributed by atoms with E-state index in [1.807, 2.05) is 25.1 Å². The molecule has 2 fully saturated rings. The van der Waals surface area contributed by atoms with E-state index in [1.54, 1.807) is 12.4 Å². The van der Waals surface area contributed by atoms with Crippen LogP contribution < -0.4 is 5.73 Å². The molecule has 0 saturated carbocycles. The van der Waals surface area contributed by atoms with Gasteiger partial charge in [-0.25, -0.2) is 14.6 Å². The average molecular weight is 459 g/mol. The summed E-state index contributed by atoms with van der Waals surface area (Å²) in [6.45, 7) is 7.13. The van der Waals surface area contributed by atoms with Gasteiger partial charge in [0.25, 0.3) is 0 Å². The van der Waals surface area contributed by atoms with Crippen LogP contribution in [0.3, 0.4) is 0 Å². The zero-order valence-electron chi connectivity index (χ0n) is 19.5. The summed E-state index contributed by atoms with van der Waals surface area (Å²) in [6.07, 6.45) is 8.07. The normalized spacial score (nSPS) is 18.7. The molecule has 176 valence electrons. The molecule has 0 aliphatic carbocycles. The lowest BCUT2D eigenvalue weighted by Gasteiger charge is -2.35. The van der Waals surface area contributed by atoms with Gasteiger partial charge in [0.1, 0.15) is 22.4 Å². The molecule has 6 heterocycles. The van der Waals surface area contributed by atoms with Crippen molar-refractivity contribution < 1.29 is 4.74 Å². The van der Waals surface area contributed by atoms with Gasteiger partial charge in [0.05, 0.1) is 23.4 Å². The molecular weight excluding hydrogens is 428 g/mol. The highest BCUT2D eigenvalue weighted by Gasteiger charge is 2.26. The largest absolute Gasteiger partial charge is 0.383 e. The summed E-state index contributed by atoms with van der Waals surface area (Å²) in [5.74, 6) is 1.31. The minimum Gasteiger partial charge on any atom is -0.383 e. The van der Waals surface area contributed by atoms with Gasteiger partial charge in [-0.05, 0) is 62.3 Å². The zero-order chi connectivity index (χ0) is 23.1. The lowest BCUT2D eigenvalue weighted by atomic mass is 9.97. The number of nitrogens with two attached hydrogens (primary N) is 1. The van der Waals surface area contributed by atoms with Crippen LogP contribution in [-0.4, -0.2) is 67.7 Å². The Labute approximate surface area is 198 Å². The number of nitrogens with zero attached hydrogens (tertiary/aromatic N) is 7. The van der Waals surface area contributed by atoms with Gasteiger partial charge in [0, 0.05) is 44.6 Å². The molecule has 0 radical (unpaired) electrons. The third-order valence-corrected chi connectivity index (χ3v) is 7.32. The maximum Gasteiger partial charge on any atom is 0.133 e. The predicted octanol–water partition coefficient (Wildman–Crippen LogP) is 3.39. The van der Waals surface area contributed by atoms with E-state index < -0.39 is 0 Å². The van der Waals surface area contributed by atoms with Crippen molar-refractivity contribution >= 4 is 27.9 Å². The second-order valence-electron chi connectivity index (χ2n) is 9.60. The molecule has 6 rings (SSSR count). The third kappa shape index (κ3) is 3.99. The monoisotopic (exact) mass is 458 g/mol. The number of ether oxygens (including phenoxy) is 1. The smallest absolute Gasteiger partial charge is 0.133 e. The summed E-state index contributed by atoms with van der Waals surface area (Å²) < 4.78 is 7.61. The number of fused-ring (bicyclic) bond motifs is 3. The standard InChI is InChI=1S/C25H30N8O/c1-16-12-18(13-28-25(16)26)20-2-3-21-23(29-20)24-22(14-27-21)30-31-33(24)19-4-8-32(9-5-19)15-17-6-10-34-11-7-17/h2-3,12-14,17,19H,4-11,15H2,1H3,(H2,26,28). The minimum atomic E-state index is 0.312. The second kappa shape index (κ2) is 8.88. The Morgan fingerprint density at radius 2 is 1.85 bits per heavy atom. The summed E-state index contributed by atoms with van der Waals surface area (Å²) in [6, 6.07) is 6.33. The molecule has 34 heavy (non-hydrogen) atoms. The van der Waals surface area contributed by atoms with E-state index in [0.29, 0.717) is 11.9 Å². The van der Waals surface area contributed by atoms with Crippen molar-refractivity contribution in [3.05, 3.63) is 36.2 Å². The van der Waals surface area contributed by atoms with Crippen molar-refractivity contribution in [2.24, 2.45) is 5.92 Å². The van der Waals surface area contributed by atoms with Gasteiger partial charge in [-0.15, -0.1) is 5.10 Å². The van der Waals surface area contributed by atoms with Gasteiger partial charge in [0.2, 0.25) is 0 Å². The summed E-state index contributed by atoms with van der Waals surface area (Å²) in [5, 5.41) is 9.00. The van der Waals surface area contributed by atoms with Gasteiger partial charge in [-0.3, -0.25) is 4.98 Å². The Morgan fingerprint density at radius 1 is 1.03 bits per heavy atom. The molecule has 2 aliphatic rings. The first-order chi connectivity index (χ1) is 16.7. The minimum absolute atomic E-state index is 0.312. The van der Waals surface area contributed by atoms with E-state index in [1.165, 1.54) is 19.4 Å². The molecular formula is C25H30N8O. The van der Waals surface area contributed by atoms with Crippen molar-refractivity contribution in [2.75, 3.05) is 38.6 Å². The predicted molar refractivity (Wildman–Crippen MR) is 131 cm³/mol. The Hall–Kier alpha value is -3.17. The molecule has 0 unspecified atom stereocenters. The van der Waals surface area contributed by atoms with Crippen molar-refractivity contribution in [3.8, 4) is 11.3 Å². The molecule has 0 aromatic carbocycles. The number of pyridine rings is 3. The summed E-state index contributed by atoms with van der Waals surface area (Å²) >= 11 is 0. The topological polar surface area (TPSA) is 108 Å². The van der Waals surface area contributed by atoms with Gasteiger partial charge in [-0.1, -0.05) is 5.21 Å². The zero-order valence-corrected chi connectivity index (χ0v) is 19.5. The Bertz CT molecular complexity index is 1320. The Morgan fingerprint density at radius 3 is 2.65 bits per heavy atom. The highest BCUT2D eigenvalue weighted by molar-refractivity contribution is 5.99. The molecule has 4 aromatic rings. The SMILES string of the molecule is Cc1cc(-c2ccc3ncc4nnn(C5CCN(CC6CCOCC6)CC5)c4c3n2)cnc1N. The lowest BCUT2D eigenvalue weighted by Crippen LogP contribution is -2.39. The van der Waals surface area contributed by atoms with Gasteiger partial charge in [-0.2, -0.15) is 0 Å². The molecule has 0 amide bonds. The third-order valence-electron chi connectivity index (χ3n) is 7.32. The van der Waals surface area contributed by atoms with Crippen LogP contribution in [0, 0.1) is 12.8 Å². The molecule has 2 N–H and O–H groups in total. The highest BCUT2D eigenvalue weighted by atomic mass is 16.5. The van der Waals surface area contributed by atoms with Crippen LogP contribution in [0.1, 0.15) is 37.3 Å². The van der Waals surface area contributed by atoms with E-state index in [9.17, 15) is 0 Å². The molecule has 4 aromatic heterocycles. The van der Waals surface area contributed by atoms with E-state index in [4.69, 9.17) is 15.5 Å². The van der Waals surface area contributed by atoms with E-state index in [-0.39, 0.29) is 0 Å². The summed E-state index contributed by atoms with van der Waals surface area (Å²) in [7, 11) is 0. The number of likely N-dealkylation sites (tertiary alicyclic amines) is 1. The number of rotatable bonds is 4. The molecule has 0 atom stereocenters. The van der Waals surface area contributed by atoms with Gasteiger partial charge >= 0.3 is 0 Å². The second-order valence-corrected chi connectivity index (χ2v) is 9.60. The van der Waals surface area contributed by atoms with Crippen LogP contribution in [0.25, 0.3) is 33.3 Å². The molecule has 0 spiro atoms. The molecule has 9 nitrogen and oxygen atoms in total. The molecule has 2 aliphatic heterocycles.